The summed E-state index contributed by atoms with van der Waals surface area (Å²) in [6.45, 7) is 4.55. The molecule has 134 valence electrons. The van der Waals surface area contributed by atoms with E-state index >= 15 is 0 Å². The maximum atomic E-state index is 13.6. The Labute approximate surface area is 143 Å². The van der Waals surface area contributed by atoms with Crippen LogP contribution in [0.4, 0.5) is 4.39 Å². The lowest BCUT2D eigenvalue weighted by Gasteiger charge is -2.32. The quantitative estimate of drug-likeness (QED) is 0.715. The number of piperidine rings is 1. The van der Waals surface area contributed by atoms with E-state index in [1.54, 1.807) is 12.3 Å². The van der Waals surface area contributed by atoms with Crippen molar-refractivity contribution in [2.45, 2.75) is 50.9 Å². The molecule has 0 bridgehead atoms. The fourth-order valence-electron chi connectivity index (χ4n) is 3.21. The number of hydrogen-bond acceptors (Lipinski definition) is 5. The molecule has 3 heterocycles. The van der Waals surface area contributed by atoms with Crippen molar-refractivity contribution < 1.29 is 18.6 Å². The van der Waals surface area contributed by atoms with Gasteiger partial charge in [0.1, 0.15) is 6.10 Å². The van der Waals surface area contributed by atoms with Gasteiger partial charge in [-0.25, -0.2) is 9.37 Å². The van der Waals surface area contributed by atoms with E-state index in [0.29, 0.717) is 0 Å². The average Bonchev–Trinajstić information content (AvgIpc) is 2.63. The largest absolute Gasteiger partial charge is 0.472 e. The summed E-state index contributed by atoms with van der Waals surface area (Å²) in [5, 5.41) is 0. The first-order valence-corrected chi connectivity index (χ1v) is 9.04. The van der Waals surface area contributed by atoms with Gasteiger partial charge in [-0.15, -0.1) is 0 Å². The third kappa shape index (κ3) is 5.40. The van der Waals surface area contributed by atoms with Crippen molar-refractivity contribution in [3.05, 3.63) is 24.1 Å². The molecule has 3 rings (SSSR count). The van der Waals surface area contributed by atoms with Crippen LogP contribution < -0.4 is 4.74 Å². The molecular formula is C18H27FN2O3. The SMILES string of the molecule is Fc1cccnc1OC1CCN(CCCO[C@H]2CCCCO2)CC1. The number of halogens is 1. The third-order valence-electron chi connectivity index (χ3n) is 4.60. The molecule has 2 fully saturated rings. The average molecular weight is 338 g/mol. The molecule has 2 aliphatic heterocycles. The van der Waals surface area contributed by atoms with Gasteiger partial charge in [-0.3, -0.25) is 0 Å². The number of ether oxygens (including phenoxy) is 3. The van der Waals surface area contributed by atoms with E-state index in [4.69, 9.17) is 14.2 Å². The van der Waals surface area contributed by atoms with E-state index in [2.05, 4.69) is 9.88 Å². The van der Waals surface area contributed by atoms with Crippen molar-refractivity contribution in [1.29, 1.82) is 0 Å². The summed E-state index contributed by atoms with van der Waals surface area (Å²) >= 11 is 0. The summed E-state index contributed by atoms with van der Waals surface area (Å²) in [6, 6.07) is 2.96. The van der Waals surface area contributed by atoms with Crippen molar-refractivity contribution in [1.82, 2.24) is 9.88 Å². The highest BCUT2D eigenvalue weighted by molar-refractivity contribution is 5.13. The molecule has 1 atom stereocenters. The number of nitrogens with zero attached hydrogens (tertiary/aromatic N) is 2. The Morgan fingerprint density at radius 1 is 1.25 bits per heavy atom. The predicted molar refractivity (Wildman–Crippen MR) is 88.4 cm³/mol. The molecule has 0 radical (unpaired) electrons. The Balaban J connectivity index is 1.28. The monoisotopic (exact) mass is 338 g/mol. The van der Waals surface area contributed by atoms with E-state index in [1.165, 1.54) is 12.5 Å². The zero-order valence-electron chi connectivity index (χ0n) is 14.2. The molecule has 0 aliphatic carbocycles. The minimum Gasteiger partial charge on any atom is -0.472 e. The molecule has 1 aromatic heterocycles. The summed E-state index contributed by atoms with van der Waals surface area (Å²) < 4.78 is 30.6. The second-order valence-corrected chi connectivity index (χ2v) is 6.47. The van der Waals surface area contributed by atoms with Crippen LogP contribution >= 0.6 is 0 Å². The molecule has 2 saturated heterocycles. The lowest BCUT2D eigenvalue weighted by atomic mass is 10.1. The molecule has 2 aliphatic rings. The molecule has 0 N–H and O–H groups in total. The molecule has 0 saturated carbocycles. The standard InChI is InChI=1S/C18H27FN2O3/c19-16-5-3-9-20-18(16)24-15-7-11-21(12-8-15)10-4-14-23-17-6-1-2-13-22-17/h3,5,9,15,17H,1-2,4,6-8,10-14H2/t17-/m0/s1. The summed E-state index contributed by atoms with van der Waals surface area (Å²) in [4.78, 5) is 6.37. The summed E-state index contributed by atoms with van der Waals surface area (Å²) in [5.74, 6) is -0.265. The fraction of sp³-hybridized carbons (Fsp3) is 0.722. The van der Waals surface area contributed by atoms with Crippen molar-refractivity contribution in [2.24, 2.45) is 0 Å². The highest BCUT2D eigenvalue weighted by Gasteiger charge is 2.22. The van der Waals surface area contributed by atoms with Crippen LogP contribution in [0.5, 0.6) is 5.88 Å². The van der Waals surface area contributed by atoms with E-state index in [9.17, 15) is 4.39 Å². The van der Waals surface area contributed by atoms with Crippen molar-refractivity contribution in [3.63, 3.8) is 0 Å². The van der Waals surface area contributed by atoms with Crippen LogP contribution in [0.15, 0.2) is 18.3 Å². The predicted octanol–water partition coefficient (Wildman–Crippen LogP) is 3.00. The van der Waals surface area contributed by atoms with Gasteiger partial charge in [-0.1, -0.05) is 0 Å². The molecule has 6 heteroatoms. The van der Waals surface area contributed by atoms with Crippen LogP contribution in [0, 0.1) is 5.82 Å². The van der Waals surface area contributed by atoms with Gasteiger partial charge < -0.3 is 19.1 Å². The Hall–Kier alpha value is -1.24. The van der Waals surface area contributed by atoms with Crippen molar-refractivity contribution >= 4 is 0 Å². The van der Waals surface area contributed by atoms with Gasteiger partial charge in [0.15, 0.2) is 12.1 Å². The number of pyridine rings is 1. The first-order chi connectivity index (χ1) is 11.8. The third-order valence-corrected chi connectivity index (χ3v) is 4.60. The zero-order valence-corrected chi connectivity index (χ0v) is 14.2. The van der Waals surface area contributed by atoms with Crippen LogP contribution in [0.25, 0.3) is 0 Å². The van der Waals surface area contributed by atoms with Crippen LogP contribution in [-0.2, 0) is 9.47 Å². The number of hydrogen-bond donors (Lipinski definition) is 0. The van der Waals surface area contributed by atoms with Crippen LogP contribution in [0.3, 0.4) is 0 Å². The van der Waals surface area contributed by atoms with Gasteiger partial charge in [0.2, 0.25) is 0 Å². The second-order valence-electron chi connectivity index (χ2n) is 6.47. The van der Waals surface area contributed by atoms with Gasteiger partial charge >= 0.3 is 0 Å². The fourth-order valence-corrected chi connectivity index (χ4v) is 3.21. The summed E-state index contributed by atoms with van der Waals surface area (Å²) in [7, 11) is 0. The number of likely N-dealkylation sites (tertiary alicyclic amines) is 1. The molecule has 5 nitrogen and oxygen atoms in total. The Morgan fingerprint density at radius 3 is 2.88 bits per heavy atom. The maximum absolute atomic E-state index is 13.6. The second kappa shape index (κ2) is 9.30. The number of aromatic nitrogens is 1. The summed E-state index contributed by atoms with van der Waals surface area (Å²) in [5.41, 5.74) is 0. The molecule has 0 unspecified atom stereocenters. The first kappa shape index (κ1) is 17.6. The zero-order chi connectivity index (χ0) is 16.6. The van der Waals surface area contributed by atoms with Gasteiger partial charge in [-0.2, -0.15) is 0 Å². The number of rotatable bonds is 7. The van der Waals surface area contributed by atoms with Crippen LogP contribution in [-0.4, -0.2) is 55.1 Å². The molecule has 0 spiro atoms. The van der Waals surface area contributed by atoms with E-state index in [-0.39, 0.29) is 24.1 Å². The lowest BCUT2D eigenvalue weighted by molar-refractivity contribution is -0.163. The smallest absolute Gasteiger partial charge is 0.250 e. The van der Waals surface area contributed by atoms with Gasteiger partial charge in [-0.05, 0) is 50.7 Å². The van der Waals surface area contributed by atoms with E-state index in [1.807, 2.05) is 0 Å². The Bertz CT molecular complexity index is 489. The minimum atomic E-state index is -0.387. The summed E-state index contributed by atoms with van der Waals surface area (Å²) in [6.07, 6.45) is 7.82. The highest BCUT2D eigenvalue weighted by atomic mass is 19.1. The van der Waals surface area contributed by atoms with E-state index < -0.39 is 0 Å². The van der Waals surface area contributed by atoms with E-state index in [0.717, 1.165) is 65.0 Å². The van der Waals surface area contributed by atoms with Gasteiger partial charge in [0.25, 0.3) is 5.88 Å². The normalized spacial score (nSPS) is 23.3. The first-order valence-electron chi connectivity index (χ1n) is 9.04. The Morgan fingerprint density at radius 2 is 2.12 bits per heavy atom. The van der Waals surface area contributed by atoms with Crippen LogP contribution in [0.1, 0.15) is 38.5 Å². The molecule has 0 amide bonds. The van der Waals surface area contributed by atoms with Crippen molar-refractivity contribution in [2.75, 3.05) is 32.8 Å². The van der Waals surface area contributed by atoms with Gasteiger partial charge in [0, 0.05) is 32.4 Å². The lowest BCUT2D eigenvalue weighted by Crippen LogP contribution is -2.39. The minimum absolute atomic E-state index is 0.00570. The Kier molecular flexibility index (Phi) is 6.81. The van der Waals surface area contributed by atoms with Crippen LogP contribution in [0.2, 0.25) is 0 Å². The highest BCUT2D eigenvalue weighted by Crippen LogP contribution is 2.20. The topological polar surface area (TPSA) is 43.8 Å². The van der Waals surface area contributed by atoms with Crippen molar-refractivity contribution in [3.8, 4) is 5.88 Å². The maximum Gasteiger partial charge on any atom is 0.250 e. The van der Waals surface area contributed by atoms with Gasteiger partial charge in [0.05, 0.1) is 6.61 Å². The molecule has 24 heavy (non-hydrogen) atoms. The molecular weight excluding hydrogens is 311 g/mol. The molecule has 1 aromatic rings. The molecule has 0 aromatic carbocycles.